The van der Waals surface area contributed by atoms with Gasteiger partial charge in [-0.3, -0.25) is 4.79 Å². The molecule has 1 amide bonds. The average Bonchev–Trinajstić information content (AvgIpc) is 3.21. The highest BCUT2D eigenvalue weighted by atomic mass is 35.5. The van der Waals surface area contributed by atoms with Crippen LogP contribution in [0.25, 0.3) is 22.6 Å². The van der Waals surface area contributed by atoms with Crippen LogP contribution in [0.15, 0.2) is 42.5 Å². The van der Waals surface area contributed by atoms with Gasteiger partial charge in [-0.25, -0.2) is 18.2 Å². The minimum absolute atomic E-state index is 0.0466. The van der Waals surface area contributed by atoms with E-state index in [1.165, 1.54) is 0 Å². The van der Waals surface area contributed by atoms with Crippen molar-refractivity contribution >= 4 is 67.5 Å². The smallest absolute Gasteiger partial charge is 0.339 e. The van der Waals surface area contributed by atoms with Gasteiger partial charge in [-0.2, -0.15) is 0 Å². The van der Waals surface area contributed by atoms with Gasteiger partial charge in [-0.15, -0.1) is 0 Å². The number of carbonyl (C=O) groups excluding carboxylic acids is 2. The first kappa shape index (κ1) is 25.7. The standard InChI is InChI=1S/C27H24Cl2N2O5S/c28-21-9-8-16(13-22(21)29)12-17-4-3-6-20-25(19-5-1-2-7-23(19)31-26(17)20)27(33)36-14-24(32)30-18-10-11-37(34,35)15-18/h1-2,5,7-9,12-13,18H,3-4,6,10-11,14-15H2,(H,30,32)/b17-12+/t18-/m1/s1. The normalized spacial score (nSPS) is 19.5. The van der Waals surface area contributed by atoms with E-state index >= 15 is 0 Å². The molecule has 2 aromatic carbocycles. The highest BCUT2D eigenvalue weighted by molar-refractivity contribution is 7.91. The Balaban J connectivity index is 1.44. The van der Waals surface area contributed by atoms with Crippen molar-refractivity contribution in [1.29, 1.82) is 0 Å². The Bertz CT molecular complexity index is 1550. The SMILES string of the molecule is O=C(COC(=O)c1c2c(nc3ccccc13)/C(=C/c1ccc(Cl)c(Cl)c1)CCC2)N[C@@H]1CCS(=O)(=O)C1. The van der Waals surface area contributed by atoms with Crippen LogP contribution in [0.5, 0.6) is 0 Å². The fourth-order valence-corrected chi connectivity index (χ4v) is 6.87. The molecule has 0 unspecified atom stereocenters. The average molecular weight is 559 g/mol. The van der Waals surface area contributed by atoms with Gasteiger partial charge in [-0.05, 0) is 66.7 Å². The summed E-state index contributed by atoms with van der Waals surface area (Å²) in [5.41, 5.74) is 4.40. The van der Waals surface area contributed by atoms with Crippen LogP contribution in [-0.4, -0.2) is 49.4 Å². The van der Waals surface area contributed by atoms with Gasteiger partial charge in [0.2, 0.25) is 0 Å². The van der Waals surface area contributed by atoms with Crippen molar-refractivity contribution in [2.45, 2.75) is 31.7 Å². The molecule has 5 rings (SSSR count). The third kappa shape index (κ3) is 5.66. The van der Waals surface area contributed by atoms with Crippen LogP contribution < -0.4 is 5.32 Å². The van der Waals surface area contributed by atoms with Crippen molar-refractivity contribution in [1.82, 2.24) is 10.3 Å². The molecule has 0 saturated carbocycles. The molecule has 2 aliphatic rings. The maximum absolute atomic E-state index is 13.3. The number of esters is 1. The molecule has 1 atom stereocenters. The molecule has 1 fully saturated rings. The first-order valence-electron chi connectivity index (χ1n) is 11.9. The lowest BCUT2D eigenvalue weighted by atomic mass is 9.86. The molecule has 1 N–H and O–H groups in total. The van der Waals surface area contributed by atoms with E-state index in [1.807, 2.05) is 36.4 Å². The van der Waals surface area contributed by atoms with Crippen LogP contribution in [0.4, 0.5) is 0 Å². The number of allylic oxidation sites excluding steroid dienone is 1. The largest absolute Gasteiger partial charge is 0.452 e. The number of hydrogen-bond acceptors (Lipinski definition) is 6. The molecule has 1 aromatic heterocycles. The van der Waals surface area contributed by atoms with Crippen LogP contribution in [0.1, 0.15) is 46.4 Å². The first-order chi connectivity index (χ1) is 17.7. The number of para-hydroxylation sites is 1. The Labute approximate surface area is 224 Å². The fraction of sp³-hybridized carbons (Fsp3) is 0.296. The number of fused-ring (bicyclic) bond motifs is 2. The van der Waals surface area contributed by atoms with Crippen LogP contribution in [0, 0.1) is 0 Å². The Morgan fingerprint density at radius 3 is 2.68 bits per heavy atom. The number of amides is 1. The van der Waals surface area contributed by atoms with Crippen LogP contribution >= 0.6 is 23.2 Å². The molecule has 7 nitrogen and oxygen atoms in total. The lowest BCUT2D eigenvalue weighted by Crippen LogP contribution is -2.38. The highest BCUT2D eigenvalue weighted by Crippen LogP contribution is 2.37. The molecule has 0 radical (unpaired) electrons. The van der Waals surface area contributed by atoms with Gasteiger partial charge in [0.25, 0.3) is 5.91 Å². The maximum Gasteiger partial charge on any atom is 0.339 e. The third-order valence-corrected chi connectivity index (χ3v) is 9.10. The van der Waals surface area contributed by atoms with Gasteiger partial charge >= 0.3 is 5.97 Å². The number of hydrogen-bond donors (Lipinski definition) is 1. The van der Waals surface area contributed by atoms with E-state index in [0.29, 0.717) is 39.4 Å². The lowest BCUT2D eigenvalue weighted by molar-refractivity contribution is -0.124. The number of aromatic nitrogens is 1. The number of halogens is 2. The number of benzene rings is 2. The molecule has 1 aliphatic carbocycles. The Hall–Kier alpha value is -2.94. The molecule has 3 aromatic rings. The minimum atomic E-state index is -3.13. The number of nitrogens with one attached hydrogen (secondary N) is 1. The number of carbonyl (C=O) groups is 2. The van der Waals surface area contributed by atoms with Crippen LogP contribution in [0.3, 0.4) is 0 Å². The van der Waals surface area contributed by atoms with Crippen molar-refractivity contribution in [2.75, 3.05) is 18.1 Å². The van der Waals surface area contributed by atoms with E-state index < -0.39 is 34.4 Å². The predicted octanol–water partition coefficient (Wildman–Crippen LogP) is 4.88. The highest BCUT2D eigenvalue weighted by Gasteiger charge is 2.30. The molecule has 192 valence electrons. The van der Waals surface area contributed by atoms with Crippen molar-refractivity contribution in [3.8, 4) is 0 Å². The number of rotatable bonds is 5. The second-order valence-corrected chi connectivity index (χ2v) is 12.3. The first-order valence-corrected chi connectivity index (χ1v) is 14.5. The van der Waals surface area contributed by atoms with Gasteiger partial charge < -0.3 is 10.1 Å². The molecule has 10 heteroatoms. The number of pyridine rings is 1. The van der Waals surface area contributed by atoms with Crippen molar-refractivity contribution in [3.05, 3.63) is 74.9 Å². The minimum Gasteiger partial charge on any atom is -0.452 e. The van der Waals surface area contributed by atoms with E-state index in [0.717, 1.165) is 35.2 Å². The zero-order chi connectivity index (χ0) is 26.2. The molecule has 1 saturated heterocycles. The quantitative estimate of drug-likeness (QED) is 0.448. The van der Waals surface area contributed by atoms with Gasteiger partial charge in [-0.1, -0.05) is 47.5 Å². The van der Waals surface area contributed by atoms with Gasteiger partial charge in [0.1, 0.15) is 0 Å². The summed E-state index contributed by atoms with van der Waals surface area (Å²) < 4.78 is 28.7. The molecule has 0 bridgehead atoms. The zero-order valence-corrected chi connectivity index (χ0v) is 22.1. The van der Waals surface area contributed by atoms with E-state index in [1.54, 1.807) is 12.1 Å². The van der Waals surface area contributed by atoms with Gasteiger partial charge in [0, 0.05) is 11.4 Å². The summed E-state index contributed by atoms with van der Waals surface area (Å²) in [6.45, 7) is -0.493. The maximum atomic E-state index is 13.3. The molecule has 37 heavy (non-hydrogen) atoms. The van der Waals surface area contributed by atoms with Gasteiger partial charge in [0.15, 0.2) is 16.4 Å². The lowest BCUT2D eigenvalue weighted by Gasteiger charge is -2.22. The summed E-state index contributed by atoms with van der Waals surface area (Å²) in [6.07, 6.45) is 4.60. The predicted molar refractivity (Wildman–Crippen MR) is 144 cm³/mol. The number of sulfone groups is 1. The van der Waals surface area contributed by atoms with Crippen molar-refractivity contribution < 1.29 is 22.7 Å². The zero-order valence-electron chi connectivity index (χ0n) is 19.8. The number of ether oxygens (including phenoxy) is 1. The van der Waals surface area contributed by atoms with E-state index in [-0.39, 0.29) is 11.5 Å². The summed E-state index contributed by atoms with van der Waals surface area (Å²) in [7, 11) is -3.13. The summed E-state index contributed by atoms with van der Waals surface area (Å²) in [6, 6.07) is 12.3. The molecule has 0 spiro atoms. The molecule has 2 heterocycles. The second-order valence-electron chi connectivity index (χ2n) is 9.27. The Morgan fingerprint density at radius 2 is 1.92 bits per heavy atom. The number of nitrogens with zero attached hydrogens (tertiary/aromatic N) is 1. The Morgan fingerprint density at radius 1 is 1.11 bits per heavy atom. The van der Waals surface area contributed by atoms with Crippen molar-refractivity contribution in [2.24, 2.45) is 0 Å². The second kappa shape index (κ2) is 10.4. The van der Waals surface area contributed by atoms with Crippen LogP contribution in [-0.2, 0) is 25.8 Å². The fourth-order valence-electron chi connectivity index (χ4n) is 4.89. The van der Waals surface area contributed by atoms with Crippen LogP contribution in [0.2, 0.25) is 10.0 Å². The summed E-state index contributed by atoms with van der Waals surface area (Å²) >= 11 is 12.3. The van der Waals surface area contributed by atoms with E-state index in [9.17, 15) is 18.0 Å². The summed E-state index contributed by atoms with van der Waals surface area (Å²) in [5, 5.41) is 4.23. The van der Waals surface area contributed by atoms with E-state index in [2.05, 4.69) is 5.32 Å². The monoisotopic (exact) mass is 558 g/mol. The van der Waals surface area contributed by atoms with E-state index in [4.69, 9.17) is 32.9 Å². The summed E-state index contributed by atoms with van der Waals surface area (Å²) in [4.78, 5) is 30.6. The molecule has 1 aliphatic heterocycles. The Kier molecular flexibility index (Phi) is 7.25. The van der Waals surface area contributed by atoms with Gasteiger partial charge in [0.05, 0.1) is 38.3 Å². The topological polar surface area (TPSA) is 102 Å². The van der Waals surface area contributed by atoms with Crippen molar-refractivity contribution in [3.63, 3.8) is 0 Å². The molecular weight excluding hydrogens is 535 g/mol. The molecular formula is C27H24Cl2N2O5S. The summed E-state index contributed by atoms with van der Waals surface area (Å²) in [5.74, 6) is -1.18. The third-order valence-electron chi connectivity index (χ3n) is 6.59.